The van der Waals surface area contributed by atoms with Crippen LogP contribution in [0.2, 0.25) is 0 Å². The van der Waals surface area contributed by atoms with Gasteiger partial charge in [-0.25, -0.2) is 4.98 Å². The molecule has 0 radical (unpaired) electrons. The van der Waals surface area contributed by atoms with Crippen molar-refractivity contribution in [3.8, 4) is 11.4 Å². The molecule has 114 valence electrons. The molecule has 1 atom stereocenters. The summed E-state index contributed by atoms with van der Waals surface area (Å²) in [6, 6.07) is 10.8. The van der Waals surface area contributed by atoms with Crippen LogP contribution in [0.1, 0.15) is 19.0 Å². The summed E-state index contributed by atoms with van der Waals surface area (Å²) in [6.07, 6.45) is 1.09. The highest BCUT2D eigenvalue weighted by Gasteiger charge is 2.36. The number of imidazole rings is 1. The van der Waals surface area contributed by atoms with Crippen molar-refractivity contribution in [2.75, 3.05) is 25.2 Å². The fraction of sp³-hybridized carbons (Fsp3) is 0.412. The van der Waals surface area contributed by atoms with Gasteiger partial charge in [-0.3, -0.25) is 4.99 Å². The Morgan fingerprint density at radius 2 is 1.95 bits per heavy atom. The molecule has 4 rings (SSSR count). The number of anilines is 1. The van der Waals surface area contributed by atoms with E-state index in [0.29, 0.717) is 6.04 Å². The highest BCUT2D eigenvalue weighted by Crippen LogP contribution is 2.33. The van der Waals surface area contributed by atoms with Gasteiger partial charge in [0.1, 0.15) is 11.5 Å². The Balaban J connectivity index is 1.87. The lowest BCUT2D eigenvalue weighted by Crippen LogP contribution is -2.44. The molecule has 0 unspecified atom stereocenters. The van der Waals surface area contributed by atoms with Gasteiger partial charge in [-0.1, -0.05) is 37.3 Å². The van der Waals surface area contributed by atoms with Crippen LogP contribution in [0.25, 0.3) is 11.4 Å². The Kier molecular flexibility index (Phi) is 2.96. The van der Waals surface area contributed by atoms with Gasteiger partial charge in [0.25, 0.3) is 0 Å². The third-order valence-corrected chi connectivity index (χ3v) is 4.57. The van der Waals surface area contributed by atoms with Crippen LogP contribution in [0, 0.1) is 0 Å². The first kappa shape index (κ1) is 13.4. The van der Waals surface area contributed by atoms with E-state index in [2.05, 4.69) is 59.7 Å². The van der Waals surface area contributed by atoms with Gasteiger partial charge < -0.3 is 14.4 Å². The minimum absolute atomic E-state index is 0.407. The molecule has 0 aliphatic carbocycles. The molecule has 5 heteroatoms. The third-order valence-electron chi connectivity index (χ3n) is 4.57. The van der Waals surface area contributed by atoms with Gasteiger partial charge in [-0.2, -0.15) is 0 Å². The van der Waals surface area contributed by atoms with Crippen molar-refractivity contribution in [3.63, 3.8) is 0 Å². The molecule has 0 fully saturated rings. The van der Waals surface area contributed by atoms with Gasteiger partial charge in [0, 0.05) is 26.2 Å². The van der Waals surface area contributed by atoms with Crippen molar-refractivity contribution in [2.45, 2.75) is 19.4 Å². The minimum Gasteiger partial charge on any atom is -0.340 e. The lowest BCUT2D eigenvalue weighted by atomic mass is 10.2. The van der Waals surface area contributed by atoms with Gasteiger partial charge >= 0.3 is 0 Å². The molecule has 0 amide bonds. The van der Waals surface area contributed by atoms with E-state index >= 15 is 0 Å². The molecule has 0 saturated heterocycles. The number of rotatable bonds is 2. The SMILES string of the molecule is CC[C@@H]1CN2CN(C)c3nc(-c4ccccc4)n(C)c3C2=N1. The number of aliphatic imine (C=N–C) groups is 1. The number of nitrogens with zero attached hydrogens (tertiary/aromatic N) is 5. The van der Waals surface area contributed by atoms with Crippen LogP contribution >= 0.6 is 0 Å². The molecule has 22 heavy (non-hydrogen) atoms. The third kappa shape index (κ3) is 1.85. The summed E-state index contributed by atoms with van der Waals surface area (Å²) in [5.74, 6) is 3.15. The summed E-state index contributed by atoms with van der Waals surface area (Å²) in [5, 5.41) is 0. The maximum absolute atomic E-state index is 4.93. The van der Waals surface area contributed by atoms with E-state index < -0.39 is 0 Å². The maximum atomic E-state index is 4.93. The van der Waals surface area contributed by atoms with Crippen LogP contribution < -0.4 is 4.90 Å². The van der Waals surface area contributed by atoms with Crippen LogP contribution in [0.15, 0.2) is 35.3 Å². The summed E-state index contributed by atoms with van der Waals surface area (Å²) >= 11 is 0. The van der Waals surface area contributed by atoms with Gasteiger partial charge in [-0.15, -0.1) is 0 Å². The first-order valence-corrected chi connectivity index (χ1v) is 7.85. The molecule has 2 aliphatic heterocycles. The lowest BCUT2D eigenvalue weighted by Gasteiger charge is -2.33. The van der Waals surface area contributed by atoms with Crippen molar-refractivity contribution in [2.24, 2.45) is 12.0 Å². The lowest BCUT2D eigenvalue weighted by molar-refractivity contribution is 0.412. The minimum atomic E-state index is 0.407. The molecule has 5 nitrogen and oxygen atoms in total. The van der Waals surface area contributed by atoms with Crippen LogP contribution in [-0.4, -0.2) is 46.6 Å². The number of amidine groups is 1. The second-order valence-electron chi connectivity index (χ2n) is 6.11. The number of fused-ring (bicyclic) bond motifs is 3. The highest BCUT2D eigenvalue weighted by atomic mass is 15.4. The smallest absolute Gasteiger partial charge is 0.160 e. The Morgan fingerprint density at radius 1 is 1.18 bits per heavy atom. The fourth-order valence-electron chi connectivity index (χ4n) is 3.36. The zero-order chi connectivity index (χ0) is 15.3. The van der Waals surface area contributed by atoms with Crippen molar-refractivity contribution in [1.29, 1.82) is 0 Å². The van der Waals surface area contributed by atoms with E-state index in [1.54, 1.807) is 0 Å². The monoisotopic (exact) mass is 295 g/mol. The van der Waals surface area contributed by atoms with Crippen LogP contribution in [0.5, 0.6) is 0 Å². The van der Waals surface area contributed by atoms with E-state index in [0.717, 1.165) is 48.4 Å². The van der Waals surface area contributed by atoms with Crippen molar-refractivity contribution < 1.29 is 0 Å². The topological polar surface area (TPSA) is 36.7 Å². The number of aromatic nitrogens is 2. The zero-order valence-electron chi connectivity index (χ0n) is 13.3. The molecule has 2 aromatic rings. The fourth-order valence-corrected chi connectivity index (χ4v) is 3.36. The predicted molar refractivity (Wildman–Crippen MR) is 89.2 cm³/mol. The van der Waals surface area contributed by atoms with Crippen LogP contribution in [-0.2, 0) is 7.05 Å². The summed E-state index contributed by atoms with van der Waals surface area (Å²) < 4.78 is 2.18. The largest absolute Gasteiger partial charge is 0.340 e. The molecule has 0 N–H and O–H groups in total. The standard InChI is InChI=1S/C17H21N5/c1-4-13-10-22-11-20(2)16-14(17(22)18-13)21(3)15(19-16)12-8-6-5-7-9-12/h5-9,13H,4,10-11H2,1-3H3/t13-/m1/s1. The Labute approximate surface area is 130 Å². The first-order valence-electron chi connectivity index (χ1n) is 7.85. The number of benzene rings is 1. The molecule has 2 aliphatic rings. The van der Waals surface area contributed by atoms with E-state index in [9.17, 15) is 0 Å². The molecule has 3 heterocycles. The number of hydrogen-bond acceptors (Lipinski definition) is 4. The first-order chi connectivity index (χ1) is 10.7. The molecule has 1 aromatic carbocycles. The van der Waals surface area contributed by atoms with E-state index in [1.165, 1.54) is 0 Å². The molecular formula is C17H21N5. The predicted octanol–water partition coefficient (Wildman–Crippen LogP) is 2.34. The van der Waals surface area contributed by atoms with E-state index in [-0.39, 0.29) is 0 Å². The van der Waals surface area contributed by atoms with Gasteiger partial charge in [0.05, 0.1) is 12.7 Å². The van der Waals surface area contributed by atoms with Gasteiger partial charge in [-0.05, 0) is 6.42 Å². The average molecular weight is 295 g/mol. The van der Waals surface area contributed by atoms with Crippen LogP contribution in [0.4, 0.5) is 5.82 Å². The highest BCUT2D eigenvalue weighted by molar-refractivity contribution is 6.05. The molecular weight excluding hydrogens is 274 g/mol. The van der Waals surface area contributed by atoms with Crippen LogP contribution in [0.3, 0.4) is 0 Å². The molecule has 0 saturated carbocycles. The maximum Gasteiger partial charge on any atom is 0.160 e. The molecule has 0 spiro atoms. The van der Waals surface area contributed by atoms with Crippen molar-refractivity contribution >= 4 is 11.7 Å². The summed E-state index contributed by atoms with van der Waals surface area (Å²) in [4.78, 5) is 14.4. The summed E-state index contributed by atoms with van der Waals surface area (Å²) in [6.45, 7) is 4.09. The van der Waals surface area contributed by atoms with Gasteiger partial charge in [0.2, 0.25) is 0 Å². The number of hydrogen-bond donors (Lipinski definition) is 0. The Morgan fingerprint density at radius 3 is 2.68 bits per heavy atom. The molecule has 1 aromatic heterocycles. The van der Waals surface area contributed by atoms with Crippen molar-refractivity contribution in [1.82, 2.24) is 14.5 Å². The normalized spacial score (nSPS) is 20.0. The summed E-state index contributed by atoms with van der Waals surface area (Å²) in [5.41, 5.74) is 2.29. The Bertz CT molecular complexity index is 731. The Hall–Kier alpha value is -2.30. The van der Waals surface area contributed by atoms with Crippen molar-refractivity contribution in [3.05, 3.63) is 36.0 Å². The van der Waals surface area contributed by atoms with E-state index in [1.807, 2.05) is 6.07 Å². The summed E-state index contributed by atoms with van der Waals surface area (Å²) in [7, 11) is 4.20. The second-order valence-corrected chi connectivity index (χ2v) is 6.11. The molecule has 0 bridgehead atoms. The van der Waals surface area contributed by atoms with Gasteiger partial charge in [0.15, 0.2) is 11.7 Å². The zero-order valence-corrected chi connectivity index (χ0v) is 13.3. The quantitative estimate of drug-likeness (QED) is 0.853. The van der Waals surface area contributed by atoms with E-state index in [4.69, 9.17) is 9.98 Å². The average Bonchev–Trinajstić information content (AvgIpc) is 3.09. The second kappa shape index (κ2) is 4.87.